The zero-order valence-corrected chi connectivity index (χ0v) is 11.1. The summed E-state index contributed by atoms with van der Waals surface area (Å²) in [4.78, 5) is 16.0. The van der Waals surface area contributed by atoms with Crippen LogP contribution in [0.3, 0.4) is 0 Å². The molecule has 0 aliphatic rings. The van der Waals surface area contributed by atoms with Gasteiger partial charge in [-0.3, -0.25) is 4.79 Å². The summed E-state index contributed by atoms with van der Waals surface area (Å²) in [5, 5.41) is 4.81. The summed E-state index contributed by atoms with van der Waals surface area (Å²) in [6.07, 6.45) is 1.96. The Morgan fingerprint density at radius 2 is 2.17 bits per heavy atom. The van der Waals surface area contributed by atoms with Crippen molar-refractivity contribution in [1.82, 2.24) is 10.3 Å². The minimum absolute atomic E-state index is 0.0606. The first-order valence-corrected chi connectivity index (χ1v) is 6.99. The summed E-state index contributed by atoms with van der Waals surface area (Å²) in [6.45, 7) is 2.12. The highest BCUT2D eigenvalue weighted by atomic mass is 32.1. The molecule has 0 aliphatic heterocycles. The third-order valence-corrected chi connectivity index (χ3v) is 3.34. The van der Waals surface area contributed by atoms with Crippen LogP contribution in [0.25, 0.3) is 0 Å². The number of amides is 1. The fourth-order valence-electron chi connectivity index (χ4n) is 1.85. The second kappa shape index (κ2) is 6.31. The van der Waals surface area contributed by atoms with Crippen molar-refractivity contribution in [2.75, 3.05) is 0 Å². The molecule has 0 spiro atoms. The van der Waals surface area contributed by atoms with Crippen LogP contribution in [0.1, 0.15) is 41.9 Å². The summed E-state index contributed by atoms with van der Waals surface area (Å²) < 4.78 is 0. The van der Waals surface area contributed by atoms with E-state index in [0.29, 0.717) is 5.69 Å². The molecule has 0 aliphatic carbocycles. The molecule has 2 aromatic rings. The topological polar surface area (TPSA) is 42.0 Å². The van der Waals surface area contributed by atoms with E-state index in [4.69, 9.17) is 0 Å². The molecule has 1 unspecified atom stereocenters. The van der Waals surface area contributed by atoms with Crippen molar-refractivity contribution in [3.63, 3.8) is 0 Å². The molecule has 0 fully saturated rings. The van der Waals surface area contributed by atoms with Gasteiger partial charge in [0.15, 0.2) is 0 Å². The smallest absolute Gasteiger partial charge is 0.271 e. The highest BCUT2D eigenvalue weighted by Crippen LogP contribution is 2.18. The molecule has 1 N–H and O–H groups in total. The van der Waals surface area contributed by atoms with Gasteiger partial charge in [0.25, 0.3) is 5.91 Å². The van der Waals surface area contributed by atoms with E-state index in [1.165, 1.54) is 11.3 Å². The third kappa shape index (κ3) is 3.17. The van der Waals surface area contributed by atoms with Crippen LogP contribution in [0.2, 0.25) is 0 Å². The Balaban J connectivity index is 2.10. The molecule has 2 rings (SSSR count). The van der Waals surface area contributed by atoms with E-state index < -0.39 is 0 Å². The van der Waals surface area contributed by atoms with Gasteiger partial charge in [0.2, 0.25) is 0 Å². The van der Waals surface area contributed by atoms with E-state index >= 15 is 0 Å². The monoisotopic (exact) mass is 260 g/mol. The fourth-order valence-corrected chi connectivity index (χ4v) is 2.39. The standard InChI is InChI=1S/C14H16N2OS/c1-2-6-12(11-7-4-3-5-8-11)16-14(17)13-9-18-10-15-13/h3-5,7-10,12H,2,6H2,1H3,(H,16,17). The Morgan fingerprint density at radius 3 is 2.78 bits per heavy atom. The van der Waals surface area contributed by atoms with Gasteiger partial charge in [0, 0.05) is 5.38 Å². The molecule has 4 heteroatoms. The van der Waals surface area contributed by atoms with Crippen molar-refractivity contribution in [2.24, 2.45) is 0 Å². The van der Waals surface area contributed by atoms with Crippen LogP contribution < -0.4 is 5.32 Å². The van der Waals surface area contributed by atoms with E-state index in [1.807, 2.05) is 30.3 Å². The van der Waals surface area contributed by atoms with Crippen LogP contribution in [0.4, 0.5) is 0 Å². The minimum Gasteiger partial charge on any atom is -0.344 e. The lowest BCUT2D eigenvalue weighted by molar-refractivity contribution is 0.0930. The summed E-state index contributed by atoms with van der Waals surface area (Å²) in [5.74, 6) is -0.0986. The third-order valence-electron chi connectivity index (χ3n) is 2.75. The molecule has 1 amide bonds. The maximum Gasteiger partial charge on any atom is 0.271 e. The maximum atomic E-state index is 12.0. The van der Waals surface area contributed by atoms with Crippen molar-refractivity contribution in [2.45, 2.75) is 25.8 Å². The number of thiazole rings is 1. The SMILES string of the molecule is CCCC(NC(=O)c1cscn1)c1ccccc1. The van der Waals surface area contributed by atoms with Gasteiger partial charge in [-0.2, -0.15) is 0 Å². The lowest BCUT2D eigenvalue weighted by Gasteiger charge is -2.17. The second-order valence-corrected chi connectivity index (χ2v) is 4.82. The molecule has 3 nitrogen and oxygen atoms in total. The van der Waals surface area contributed by atoms with Gasteiger partial charge in [-0.1, -0.05) is 43.7 Å². The van der Waals surface area contributed by atoms with Gasteiger partial charge >= 0.3 is 0 Å². The zero-order valence-electron chi connectivity index (χ0n) is 10.3. The number of carbonyl (C=O) groups excluding carboxylic acids is 1. The van der Waals surface area contributed by atoms with Crippen molar-refractivity contribution in [3.05, 3.63) is 52.5 Å². The number of nitrogens with one attached hydrogen (secondary N) is 1. The molecule has 94 valence electrons. The van der Waals surface area contributed by atoms with E-state index in [9.17, 15) is 4.79 Å². The number of nitrogens with zero attached hydrogens (tertiary/aromatic N) is 1. The number of hydrogen-bond acceptors (Lipinski definition) is 3. The van der Waals surface area contributed by atoms with E-state index in [-0.39, 0.29) is 11.9 Å². The molecule has 1 atom stereocenters. The average molecular weight is 260 g/mol. The number of hydrogen-bond donors (Lipinski definition) is 1. The van der Waals surface area contributed by atoms with Crippen molar-refractivity contribution >= 4 is 17.2 Å². The Kier molecular flexibility index (Phi) is 4.47. The minimum atomic E-state index is -0.0986. The van der Waals surface area contributed by atoms with Crippen LogP contribution >= 0.6 is 11.3 Å². The van der Waals surface area contributed by atoms with Crippen molar-refractivity contribution in [1.29, 1.82) is 0 Å². The lowest BCUT2D eigenvalue weighted by Crippen LogP contribution is -2.28. The van der Waals surface area contributed by atoms with E-state index in [2.05, 4.69) is 17.2 Å². The van der Waals surface area contributed by atoms with Gasteiger partial charge in [-0.25, -0.2) is 4.98 Å². The Morgan fingerprint density at radius 1 is 1.39 bits per heavy atom. The maximum absolute atomic E-state index is 12.0. The molecular formula is C14H16N2OS. The summed E-state index contributed by atoms with van der Waals surface area (Å²) in [7, 11) is 0. The molecule has 1 aromatic carbocycles. The molecule has 0 saturated heterocycles. The van der Waals surface area contributed by atoms with Crippen LogP contribution in [0.5, 0.6) is 0 Å². The van der Waals surface area contributed by atoms with E-state index in [0.717, 1.165) is 18.4 Å². The van der Waals surface area contributed by atoms with Gasteiger partial charge in [-0.15, -0.1) is 11.3 Å². The molecule has 0 saturated carbocycles. The highest BCUT2D eigenvalue weighted by Gasteiger charge is 2.15. The number of benzene rings is 1. The van der Waals surface area contributed by atoms with Gasteiger partial charge in [-0.05, 0) is 12.0 Å². The predicted molar refractivity (Wildman–Crippen MR) is 73.7 cm³/mol. The summed E-state index contributed by atoms with van der Waals surface area (Å²) in [6, 6.07) is 10.1. The van der Waals surface area contributed by atoms with Crippen molar-refractivity contribution < 1.29 is 4.79 Å². The molecule has 1 aromatic heterocycles. The average Bonchev–Trinajstić information content (AvgIpc) is 2.93. The molecule has 1 heterocycles. The molecule has 18 heavy (non-hydrogen) atoms. The summed E-state index contributed by atoms with van der Waals surface area (Å²) >= 11 is 1.43. The van der Waals surface area contributed by atoms with Crippen LogP contribution in [-0.2, 0) is 0 Å². The second-order valence-electron chi connectivity index (χ2n) is 4.10. The number of rotatable bonds is 5. The van der Waals surface area contributed by atoms with E-state index in [1.54, 1.807) is 10.9 Å². The first-order valence-electron chi connectivity index (χ1n) is 6.05. The predicted octanol–water partition coefficient (Wildman–Crippen LogP) is 3.41. The quantitative estimate of drug-likeness (QED) is 0.895. The van der Waals surface area contributed by atoms with Crippen LogP contribution in [-0.4, -0.2) is 10.9 Å². The first kappa shape index (κ1) is 12.8. The molecular weight excluding hydrogens is 244 g/mol. The fraction of sp³-hybridized carbons (Fsp3) is 0.286. The number of aromatic nitrogens is 1. The molecule has 0 bridgehead atoms. The largest absolute Gasteiger partial charge is 0.344 e. The Labute approximate surface area is 111 Å². The van der Waals surface area contributed by atoms with Gasteiger partial charge in [0.1, 0.15) is 5.69 Å². The Bertz CT molecular complexity index is 482. The van der Waals surface area contributed by atoms with Crippen molar-refractivity contribution in [3.8, 4) is 0 Å². The highest BCUT2D eigenvalue weighted by molar-refractivity contribution is 7.07. The van der Waals surface area contributed by atoms with Gasteiger partial charge < -0.3 is 5.32 Å². The zero-order chi connectivity index (χ0) is 12.8. The first-order chi connectivity index (χ1) is 8.81. The van der Waals surface area contributed by atoms with Crippen LogP contribution in [0, 0.1) is 0 Å². The van der Waals surface area contributed by atoms with Gasteiger partial charge in [0.05, 0.1) is 11.6 Å². The summed E-state index contributed by atoms with van der Waals surface area (Å²) in [5.41, 5.74) is 3.31. The number of carbonyl (C=O) groups is 1. The Hall–Kier alpha value is -1.68. The van der Waals surface area contributed by atoms with Crippen LogP contribution in [0.15, 0.2) is 41.2 Å². The normalized spacial score (nSPS) is 12.1. The lowest BCUT2D eigenvalue weighted by atomic mass is 10.0. The molecule has 0 radical (unpaired) electrons.